The van der Waals surface area contributed by atoms with E-state index in [1.807, 2.05) is 24.3 Å². The lowest BCUT2D eigenvalue weighted by atomic mass is 10.0. The molecule has 52 heavy (non-hydrogen) atoms. The summed E-state index contributed by atoms with van der Waals surface area (Å²) >= 11 is 0. The molecule has 1 amide bonds. The number of halogens is 3. The maximum atomic E-state index is 15.0. The predicted molar refractivity (Wildman–Crippen MR) is 190 cm³/mol. The average Bonchev–Trinajstić information content (AvgIpc) is 3.66. The van der Waals surface area contributed by atoms with Crippen LogP contribution in [0.15, 0.2) is 107 Å². The number of hydrogen-bond acceptors (Lipinski definition) is 8. The third-order valence-corrected chi connectivity index (χ3v) is 9.26. The number of rotatable bonds is 8. The summed E-state index contributed by atoms with van der Waals surface area (Å²) in [5.41, 5.74) is 2.84. The number of piperazine rings is 1. The minimum Gasteiger partial charge on any atom is -0.464 e. The number of pyridine rings is 2. The van der Waals surface area contributed by atoms with Crippen molar-refractivity contribution in [3.63, 3.8) is 0 Å². The van der Waals surface area contributed by atoms with Crippen molar-refractivity contribution in [2.24, 2.45) is 0 Å². The molecule has 1 fully saturated rings. The molecule has 2 N–H and O–H groups in total. The molecule has 0 aliphatic carbocycles. The van der Waals surface area contributed by atoms with Gasteiger partial charge in [0.1, 0.15) is 34.7 Å². The zero-order valence-corrected chi connectivity index (χ0v) is 27.6. The molecule has 0 radical (unpaired) electrons. The molecule has 3 aromatic carbocycles. The highest BCUT2D eigenvalue weighted by Crippen LogP contribution is 2.34. The van der Waals surface area contributed by atoms with Gasteiger partial charge in [-0.05, 0) is 65.7 Å². The highest BCUT2D eigenvalue weighted by atomic mass is 19.1. The number of nitrogens with one attached hydrogen (secondary N) is 2. The van der Waals surface area contributed by atoms with Gasteiger partial charge in [-0.1, -0.05) is 24.3 Å². The Balaban J connectivity index is 0.912. The second kappa shape index (κ2) is 13.8. The molecule has 1 aliphatic heterocycles. The van der Waals surface area contributed by atoms with Gasteiger partial charge in [0, 0.05) is 61.9 Å². The normalized spacial score (nSPS) is 13.6. The van der Waals surface area contributed by atoms with Crippen molar-refractivity contribution < 1.29 is 22.4 Å². The zero-order chi connectivity index (χ0) is 35.8. The summed E-state index contributed by atoms with van der Waals surface area (Å²) < 4.78 is 49.6. The van der Waals surface area contributed by atoms with Crippen molar-refractivity contribution in [2.75, 3.05) is 31.5 Å². The van der Waals surface area contributed by atoms with Crippen LogP contribution in [0.5, 0.6) is 0 Å². The molecule has 0 saturated carbocycles. The molecule has 8 rings (SSSR count). The maximum Gasteiger partial charge on any atom is 0.272 e. The Morgan fingerprint density at radius 1 is 0.788 bits per heavy atom. The minimum atomic E-state index is -0.595. The van der Waals surface area contributed by atoms with Crippen molar-refractivity contribution in [3.05, 3.63) is 148 Å². The maximum absolute atomic E-state index is 15.0. The Kier molecular flexibility index (Phi) is 8.69. The van der Waals surface area contributed by atoms with E-state index in [-0.39, 0.29) is 33.6 Å². The summed E-state index contributed by atoms with van der Waals surface area (Å²) in [6, 6.07) is 21.1. The van der Waals surface area contributed by atoms with Crippen LogP contribution in [0.1, 0.15) is 27.2 Å². The number of aromatic nitrogens is 4. The quantitative estimate of drug-likeness (QED) is 0.177. The van der Waals surface area contributed by atoms with Crippen LogP contribution >= 0.6 is 0 Å². The van der Waals surface area contributed by atoms with Gasteiger partial charge in [-0.25, -0.2) is 28.2 Å². The average molecular weight is 702 g/mol. The van der Waals surface area contributed by atoms with Crippen LogP contribution in [0.2, 0.25) is 0 Å². The first-order valence-electron chi connectivity index (χ1n) is 16.6. The molecule has 260 valence electrons. The number of fused-ring (bicyclic) bond motifs is 2. The van der Waals surface area contributed by atoms with Gasteiger partial charge in [0.2, 0.25) is 0 Å². The number of amides is 1. The molecule has 4 aromatic heterocycles. The summed E-state index contributed by atoms with van der Waals surface area (Å²) in [6.45, 7) is 2.57. The standard InChI is InChI=1S/C39H30F3N7O3/c40-31-8-6-26(37-28(31)10-16-52-37)29-20-36(44-21-33(29)42)45-35-19-24(9-11-43-35)22-48-12-14-49(15-13-48)39(51)30-17-23(5-7-32(30)41)18-34-25-3-1-2-4-27(25)38(50)47-46-34/h1-11,16-17,19-21H,12-15,18,22H2,(H,47,50)(H,43,44,45). The highest BCUT2D eigenvalue weighted by molar-refractivity contribution is 5.95. The first-order chi connectivity index (χ1) is 25.3. The van der Waals surface area contributed by atoms with E-state index >= 15 is 0 Å². The van der Waals surface area contributed by atoms with Gasteiger partial charge in [-0.3, -0.25) is 14.5 Å². The van der Waals surface area contributed by atoms with Crippen LogP contribution in [0.3, 0.4) is 0 Å². The molecule has 0 spiro atoms. The number of carbonyl (C=O) groups excluding carboxylic acids is 1. The zero-order valence-electron chi connectivity index (χ0n) is 27.6. The number of carbonyl (C=O) groups is 1. The van der Waals surface area contributed by atoms with E-state index in [9.17, 15) is 22.8 Å². The Labute approximate surface area is 294 Å². The van der Waals surface area contributed by atoms with Crippen molar-refractivity contribution in [2.45, 2.75) is 13.0 Å². The summed E-state index contributed by atoms with van der Waals surface area (Å²) in [6.07, 6.45) is 4.43. The fraction of sp³-hybridized carbons (Fsp3) is 0.154. The summed E-state index contributed by atoms with van der Waals surface area (Å²) in [5.74, 6) is -1.17. The number of hydrogen-bond donors (Lipinski definition) is 2. The first-order valence-corrected chi connectivity index (χ1v) is 16.6. The van der Waals surface area contributed by atoms with E-state index in [1.54, 1.807) is 35.4 Å². The number of aromatic amines is 1. The third kappa shape index (κ3) is 6.49. The van der Waals surface area contributed by atoms with Gasteiger partial charge in [-0.2, -0.15) is 5.10 Å². The minimum absolute atomic E-state index is 0.00454. The second-order valence-electron chi connectivity index (χ2n) is 12.6. The lowest BCUT2D eigenvalue weighted by Crippen LogP contribution is -2.48. The van der Waals surface area contributed by atoms with Crippen molar-refractivity contribution in [1.82, 2.24) is 30.0 Å². The summed E-state index contributed by atoms with van der Waals surface area (Å²) in [4.78, 5) is 38.1. The fourth-order valence-electron chi connectivity index (χ4n) is 6.61. The number of benzene rings is 3. The van der Waals surface area contributed by atoms with E-state index in [0.29, 0.717) is 78.4 Å². The molecule has 13 heteroatoms. The van der Waals surface area contributed by atoms with Gasteiger partial charge in [0.05, 0.1) is 34.5 Å². The lowest BCUT2D eigenvalue weighted by Gasteiger charge is -2.35. The fourth-order valence-corrected chi connectivity index (χ4v) is 6.61. The Morgan fingerprint density at radius 3 is 2.42 bits per heavy atom. The van der Waals surface area contributed by atoms with Crippen LogP contribution in [0.25, 0.3) is 32.9 Å². The van der Waals surface area contributed by atoms with Gasteiger partial charge in [0.25, 0.3) is 11.5 Å². The largest absolute Gasteiger partial charge is 0.464 e. The Bertz CT molecular complexity index is 2530. The van der Waals surface area contributed by atoms with Crippen molar-refractivity contribution in [1.29, 1.82) is 0 Å². The van der Waals surface area contributed by atoms with Crippen LogP contribution in [-0.2, 0) is 13.0 Å². The van der Waals surface area contributed by atoms with Crippen molar-refractivity contribution >= 4 is 39.3 Å². The van der Waals surface area contributed by atoms with E-state index in [1.165, 1.54) is 36.6 Å². The predicted octanol–water partition coefficient (Wildman–Crippen LogP) is 6.84. The Hall–Kier alpha value is -6.34. The van der Waals surface area contributed by atoms with Crippen LogP contribution in [-0.4, -0.2) is 62.1 Å². The molecule has 10 nitrogen and oxygen atoms in total. The van der Waals surface area contributed by atoms with Gasteiger partial charge >= 0.3 is 0 Å². The van der Waals surface area contributed by atoms with Crippen LogP contribution in [0.4, 0.5) is 24.8 Å². The first kappa shape index (κ1) is 32.8. The SMILES string of the molecule is O=C(c1cc(Cc2n[nH]c(=O)c3ccccc23)ccc1F)N1CCN(Cc2ccnc(Nc3cc(-c4ccc(F)c5ccoc45)c(F)cn3)c2)CC1. The lowest BCUT2D eigenvalue weighted by molar-refractivity contribution is 0.0624. The number of H-pyrrole nitrogens is 1. The molecular weight excluding hydrogens is 671 g/mol. The van der Waals surface area contributed by atoms with Gasteiger partial charge in [-0.15, -0.1) is 0 Å². The molecule has 1 aliphatic rings. The highest BCUT2D eigenvalue weighted by Gasteiger charge is 2.25. The molecule has 7 aromatic rings. The van der Waals surface area contributed by atoms with Crippen LogP contribution < -0.4 is 10.9 Å². The molecule has 0 unspecified atom stereocenters. The van der Waals surface area contributed by atoms with E-state index in [0.717, 1.165) is 11.8 Å². The van der Waals surface area contributed by atoms with E-state index in [2.05, 4.69) is 30.4 Å². The molecule has 0 atom stereocenters. The number of anilines is 2. The van der Waals surface area contributed by atoms with Crippen molar-refractivity contribution in [3.8, 4) is 11.1 Å². The molecule has 5 heterocycles. The second-order valence-corrected chi connectivity index (χ2v) is 12.6. The topological polar surface area (TPSA) is 120 Å². The molecule has 1 saturated heterocycles. The van der Waals surface area contributed by atoms with Gasteiger partial charge in [0.15, 0.2) is 0 Å². The molecule has 0 bridgehead atoms. The number of nitrogens with zero attached hydrogens (tertiary/aromatic N) is 5. The van der Waals surface area contributed by atoms with Gasteiger partial charge < -0.3 is 14.6 Å². The van der Waals surface area contributed by atoms with Crippen LogP contribution in [0, 0.1) is 17.5 Å². The number of furan rings is 1. The monoisotopic (exact) mass is 701 g/mol. The van der Waals surface area contributed by atoms with E-state index in [4.69, 9.17) is 4.42 Å². The molecular formula is C39H30F3N7O3. The smallest absolute Gasteiger partial charge is 0.272 e. The Morgan fingerprint density at radius 2 is 1.58 bits per heavy atom. The summed E-state index contributed by atoms with van der Waals surface area (Å²) in [5, 5.41) is 11.3. The summed E-state index contributed by atoms with van der Waals surface area (Å²) in [7, 11) is 0. The van der Waals surface area contributed by atoms with E-state index < -0.39 is 17.5 Å². The third-order valence-electron chi connectivity index (χ3n) is 9.26.